The van der Waals surface area contributed by atoms with Gasteiger partial charge in [0.15, 0.2) is 10.8 Å². The lowest BCUT2D eigenvalue weighted by molar-refractivity contribution is 0.922. The van der Waals surface area contributed by atoms with Gasteiger partial charge in [-0.05, 0) is 29.8 Å². The second-order valence-corrected chi connectivity index (χ2v) is 5.47. The predicted octanol–water partition coefficient (Wildman–Crippen LogP) is 3.26. The molecule has 2 aromatic heterocycles. The molecule has 2 N–H and O–H groups in total. The molecule has 1 aromatic carbocycles. The monoisotopic (exact) mass is 290 g/mol. The van der Waals surface area contributed by atoms with Gasteiger partial charge in [-0.15, -0.1) is 10.2 Å². The molecule has 0 saturated carbocycles. The van der Waals surface area contributed by atoms with Crippen molar-refractivity contribution in [3.8, 4) is 0 Å². The zero-order valence-corrected chi connectivity index (χ0v) is 11.5. The number of thioether (sulfide) groups is 1. The molecule has 0 amide bonds. The van der Waals surface area contributed by atoms with E-state index >= 15 is 0 Å². The van der Waals surface area contributed by atoms with Gasteiger partial charge in [0.25, 0.3) is 0 Å². The van der Waals surface area contributed by atoms with Crippen molar-refractivity contribution in [1.29, 1.82) is 0 Å². The van der Waals surface area contributed by atoms with Crippen molar-refractivity contribution in [2.75, 3.05) is 5.73 Å². The number of rotatable bonds is 3. The zero-order chi connectivity index (χ0) is 13.2. The highest BCUT2D eigenvalue weighted by molar-refractivity contribution is 7.98. The topological polar surface area (TPSA) is 56.2 Å². The number of pyridine rings is 1. The van der Waals surface area contributed by atoms with Crippen molar-refractivity contribution in [1.82, 2.24) is 14.6 Å². The van der Waals surface area contributed by atoms with Crippen molar-refractivity contribution in [2.24, 2.45) is 0 Å². The number of nitrogen functional groups attached to an aromatic ring is 1. The molecule has 19 heavy (non-hydrogen) atoms. The molecule has 0 fully saturated rings. The number of hydrogen-bond donors (Lipinski definition) is 1. The van der Waals surface area contributed by atoms with E-state index in [2.05, 4.69) is 10.2 Å². The Morgan fingerprint density at radius 2 is 1.89 bits per heavy atom. The second kappa shape index (κ2) is 5.11. The third-order valence-electron chi connectivity index (χ3n) is 2.68. The summed E-state index contributed by atoms with van der Waals surface area (Å²) in [6, 6.07) is 11.5. The normalized spacial score (nSPS) is 11.0. The number of nitrogens with two attached hydrogens (primary N) is 1. The van der Waals surface area contributed by atoms with E-state index < -0.39 is 0 Å². The van der Waals surface area contributed by atoms with Crippen LogP contribution in [0.4, 0.5) is 5.69 Å². The Hall–Kier alpha value is -1.72. The Kier molecular flexibility index (Phi) is 3.31. The average Bonchev–Trinajstić information content (AvgIpc) is 2.80. The molecule has 6 heteroatoms. The summed E-state index contributed by atoms with van der Waals surface area (Å²) in [5.74, 6) is 0.812. The lowest BCUT2D eigenvalue weighted by Crippen LogP contribution is -1.92. The van der Waals surface area contributed by atoms with E-state index in [0.29, 0.717) is 5.69 Å². The van der Waals surface area contributed by atoms with Crippen LogP contribution in [0.15, 0.2) is 47.8 Å². The molecule has 0 atom stereocenters. The molecule has 3 aromatic rings. The maximum absolute atomic E-state index is 5.86. The standard InChI is InChI=1S/C13H11ClN4S/c14-10-3-1-9(2-4-10)8-19-13-17-16-12-6-5-11(15)7-18(12)13/h1-7H,8,15H2. The molecule has 0 aliphatic carbocycles. The minimum Gasteiger partial charge on any atom is -0.398 e. The first-order chi connectivity index (χ1) is 9.22. The lowest BCUT2D eigenvalue weighted by Gasteiger charge is -2.01. The average molecular weight is 291 g/mol. The van der Waals surface area contributed by atoms with Crippen molar-refractivity contribution < 1.29 is 0 Å². The molecule has 0 bridgehead atoms. The van der Waals surface area contributed by atoms with E-state index in [1.165, 1.54) is 5.56 Å². The second-order valence-electron chi connectivity index (χ2n) is 4.09. The summed E-state index contributed by atoms with van der Waals surface area (Å²) in [6.45, 7) is 0. The number of halogens is 1. The van der Waals surface area contributed by atoms with Gasteiger partial charge in [-0.3, -0.25) is 4.40 Å². The van der Waals surface area contributed by atoms with Crippen molar-refractivity contribution in [3.05, 3.63) is 53.2 Å². The fourth-order valence-corrected chi connectivity index (χ4v) is 2.71. The molecule has 3 rings (SSSR count). The Morgan fingerprint density at radius 3 is 2.68 bits per heavy atom. The number of anilines is 1. The predicted molar refractivity (Wildman–Crippen MR) is 78.4 cm³/mol. The summed E-state index contributed by atoms with van der Waals surface area (Å²) >= 11 is 7.47. The van der Waals surface area contributed by atoms with E-state index in [0.717, 1.165) is 21.6 Å². The molecule has 2 heterocycles. The number of benzene rings is 1. The first-order valence-electron chi connectivity index (χ1n) is 5.70. The van der Waals surface area contributed by atoms with Gasteiger partial charge in [0.05, 0.1) is 0 Å². The Bertz CT molecular complexity index is 708. The SMILES string of the molecule is Nc1ccc2nnc(SCc3ccc(Cl)cc3)n2c1. The third-order valence-corrected chi connectivity index (χ3v) is 3.94. The van der Waals surface area contributed by atoms with Crippen LogP contribution in [0.2, 0.25) is 5.02 Å². The van der Waals surface area contributed by atoms with Crippen LogP contribution in [0.5, 0.6) is 0 Å². The maximum Gasteiger partial charge on any atom is 0.195 e. The molecular weight excluding hydrogens is 280 g/mol. The van der Waals surface area contributed by atoms with Gasteiger partial charge in [0, 0.05) is 22.7 Å². The fraction of sp³-hybridized carbons (Fsp3) is 0.0769. The van der Waals surface area contributed by atoms with E-state index in [1.54, 1.807) is 11.8 Å². The smallest absolute Gasteiger partial charge is 0.195 e. The largest absolute Gasteiger partial charge is 0.398 e. The van der Waals surface area contributed by atoms with Crippen LogP contribution in [0.25, 0.3) is 5.65 Å². The zero-order valence-electron chi connectivity index (χ0n) is 9.95. The first-order valence-corrected chi connectivity index (χ1v) is 7.06. The van der Waals surface area contributed by atoms with Crippen LogP contribution < -0.4 is 5.73 Å². The molecule has 0 aliphatic rings. The van der Waals surface area contributed by atoms with Crippen LogP contribution >= 0.6 is 23.4 Å². The number of hydrogen-bond acceptors (Lipinski definition) is 4. The quantitative estimate of drug-likeness (QED) is 0.752. The van der Waals surface area contributed by atoms with E-state index in [9.17, 15) is 0 Å². The summed E-state index contributed by atoms with van der Waals surface area (Å²) in [5.41, 5.74) is 8.46. The molecule has 0 unspecified atom stereocenters. The van der Waals surface area contributed by atoms with Crippen LogP contribution in [0.1, 0.15) is 5.56 Å². The van der Waals surface area contributed by atoms with Crippen molar-refractivity contribution in [3.63, 3.8) is 0 Å². The summed E-state index contributed by atoms with van der Waals surface area (Å²) in [7, 11) is 0. The lowest BCUT2D eigenvalue weighted by atomic mass is 10.2. The number of nitrogens with zero attached hydrogens (tertiary/aromatic N) is 3. The maximum atomic E-state index is 5.86. The molecular formula is C13H11ClN4S. The minimum atomic E-state index is 0.695. The molecule has 0 saturated heterocycles. The van der Waals surface area contributed by atoms with Gasteiger partial charge < -0.3 is 5.73 Å². The number of fused-ring (bicyclic) bond motifs is 1. The van der Waals surface area contributed by atoms with Gasteiger partial charge in [0.1, 0.15) is 0 Å². The minimum absolute atomic E-state index is 0.695. The molecule has 0 spiro atoms. The van der Waals surface area contributed by atoms with Crippen LogP contribution in [-0.2, 0) is 5.75 Å². The first kappa shape index (κ1) is 12.3. The third kappa shape index (κ3) is 2.67. The Labute approximate surface area is 119 Å². The summed E-state index contributed by atoms with van der Waals surface area (Å²) in [6.07, 6.45) is 1.83. The van der Waals surface area contributed by atoms with Crippen molar-refractivity contribution >= 4 is 34.7 Å². The van der Waals surface area contributed by atoms with Crippen LogP contribution in [-0.4, -0.2) is 14.6 Å². The molecule has 4 nitrogen and oxygen atoms in total. The van der Waals surface area contributed by atoms with Gasteiger partial charge in [-0.2, -0.15) is 0 Å². The van der Waals surface area contributed by atoms with Crippen molar-refractivity contribution in [2.45, 2.75) is 10.9 Å². The van der Waals surface area contributed by atoms with Gasteiger partial charge in [-0.25, -0.2) is 0 Å². The summed E-state index contributed by atoms with van der Waals surface area (Å²) in [5, 5.41) is 9.84. The Morgan fingerprint density at radius 1 is 1.11 bits per heavy atom. The van der Waals surface area contributed by atoms with E-state index in [1.807, 2.05) is 47.0 Å². The number of aromatic nitrogens is 3. The highest BCUT2D eigenvalue weighted by Crippen LogP contribution is 2.23. The van der Waals surface area contributed by atoms with Gasteiger partial charge >= 0.3 is 0 Å². The van der Waals surface area contributed by atoms with Crippen LogP contribution in [0, 0.1) is 0 Å². The van der Waals surface area contributed by atoms with Gasteiger partial charge in [-0.1, -0.05) is 35.5 Å². The molecule has 0 radical (unpaired) electrons. The molecule has 0 aliphatic heterocycles. The van der Waals surface area contributed by atoms with E-state index in [-0.39, 0.29) is 0 Å². The van der Waals surface area contributed by atoms with E-state index in [4.69, 9.17) is 17.3 Å². The van der Waals surface area contributed by atoms with Gasteiger partial charge in [0.2, 0.25) is 0 Å². The highest BCUT2D eigenvalue weighted by atomic mass is 35.5. The van der Waals surface area contributed by atoms with Crippen LogP contribution in [0.3, 0.4) is 0 Å². The highest BCUT2D eigenvalue weighted by Gasteiger charge is 2.06. The Balaban J connectivity index is 1.81. The fourth-order valence-electron chi connectivity index (χ4n) is 1.71. The summed E-state index contributed by atoms with van der Waals surface area (Å²) < 4.78 is 1.90. The molecule has 96 valence electrons. The summed E-state index contributed by atoms with van der Waals surface area (Å²) in [4.78, 5) is 0.